The van der Waals surface area contributed by atoms with E-state index in [9.17, 15) is 9.59 Å². The number of carbonyl (C=O) groups is 2. The zero-order valence-electron chi connectivity index (χ0n) is 11.8. The zero-order chi connectivity index (χ0) is 15.2. The lowest BCUT2D eigenvalue weighted by molar-refractivity contribution is -0.142. The summed E-state index contributed by atoms with van der Waals surface area (Å²) in [5.41, 5.74) is 2.04. The Hall–Kier alpha value is -2.21. The van der Waals surface area contributed by atoms with Gasteiger partial charge in [0.2, 0.25) is 0 Å². The average molecular weight is 304 g/mol. The largest absolute Gasteiger partial charge is 0.468 e. The van der Waals surface area contributed by atoms with E-state index in [2.05, 4.69) is 9.69 Å². The van der Waals surface area contributed by atoms with E-state index in [1.54, 1.807) is 12.3 Å². The fraction of sp³-hybridized carbons (Fsp3) is 0.267. The van der Waals surface area contributed by atoms with Crippen molar-refractivity contribution < 1.29 is 14.3 Å². The molecule has 0 saturated carbocycles. The molecule has 21 heavy (non-hydrogen) atoms. The number of methoxy groups -OCH3 is 1. The first kappa shape index (κ1) is 15.2. The molecule has 0 aliphatic carbocycles. The zero-order valence-corrected chi connectivity index (χ0v) is 12.6. The number of benzene rings is 1. The molecule has 1 atom stereocenters. The van der Waals surface area contributed by atoms with Crippen molar-refractivity contribution in [1.29, 1.82) is 0 Å². The number of hydrogen-bond donors (Lipinski definition) is 1. The van der Waals surface area contributed by atoms with Crippen molar-refractivity contribution in [1.82, 2.24) is 9.69 Å². The van der Waals surface area contributed by atoms with E-state index in [0.717, 1.165) is 5.56 Å². The van der Waals surface area contributed by atoms with E-state index in [1.807, 2.05) is 30.3 Å². The van der Waals surface area contributed by atoms with Crippen LogP contribution >= 0.6 is 11.5 Å². The van der Waals surface area contributed by atoms with Gasteiger partial charge in [-0.15, -0.1) is 0 Å². The number of rotatable bonds is 5. The molecule has 2 rings (SSSR count). The van der Waals surface area contributed by atoms with Gasteiger partial charge in [0.1, 0.15) is 0 Å². The van der Waals surface area contributed by atoms with Crippen molar-refractivity contribution in [2.75, 3.05) is 13.7 Å². The lowest BCUT2D eigenvalue weighted by atomic mass is 9.99. The Balaban J connectivity index is 2.08. The Morgan fingerprint density at radius 3 is 2.62 bits per heavy atom. The van der Waals surface area contributed by atoms with Gasteiger partial charge < -0.3 is 10.1 Å². The average Bonchev–Trinajstić information content (AvgIpc) is 2.94. The molecule has 0 spiro atoms. The molecule has 6 heteroatoms. The number of ether oxygens (including phenoxy) is 1. The lowest BCUT2D eigenvalue weighted by Gasteiger charge is -2.15. The molecule has 1 unspecified atom stereocenters. The number of aryl methyl sites for hydroxylation is 1. The molecule has 0 saturated heterocycles. The highest BCUT2D eigenvalue weighted by atomic mass is 32.1. The van der Waals surface area contributed by atoms with Crippen LogP contribution in [0.2, 0.25) is 0 Å². The van der Waals surface area contributed by atoms with Crippen LogP contribution in [0, 0.1) is 6.92 Å². The van der Waals surface area contributed by atoms with Crippen LogP contribution in [0.3, 0.4) is 0 Å². The predicted octanol–water partition coefficient (Wildman–Crippen LogP) is 2.14. The molecule has 0 bridgehead atoms. The van der Waals surface area contributed by atoms with Crippen LogP contribution in [0.1, 0.15) is 27.5 Å². The maximum Gasteiger partial charge on any atom is 0.314 e. The van der Waals surface area contributed by atoms with Crippen molar-refractivity contribution >= 4 is 23.4 Å². The van der Waals surface area contributed by atoms with E-state index in [-0.39, 0.29) is 18.4 Å². The summed E-state index contributed by atoms with van der Waals surface area (Å²) in [5.74, 6) is -1.13. The van der Waals surface area contributed by atoms with Gasteiger partial charge in [-0.2, -0.15) is 4.37 Å². The standard InChI is InChI=1S/C15H16N2O3S/c1-10-13(9-21-17-10)14(18)16-8-12(15(19)20-2)11-6-4-3-5-7-11/h3-7,9,12H,8H2,1-2H3,(H,16,18). The van der Waals surface area contributed by atoms with Crippen LogP contribution in [0.5, 0.6) is 0 Å². The quantitative estimate of drug-likeness (QED) is 0.859. The molecule has 5 nitrogen and oxygen atoms in total. The molecule has 1 aromatic heterocycles. The molecule has 2 aromatic rings. The van der Waals surface area contributed by atoms with Crippen LogP contribution in [0.4, 0.5) is 0 Å². The molecule has 0 aliphatic rings. The van der Waals surface area contributed by atoms with E-state index >= 15 is 0 Å². The van der Waals surface area contributed by atoms with E-state index in [4.69, 9.17) is 4.74 Å². The summed E-state index contributed by atoms with van der Waals surface area (Å²) >= 11 is 1.23. The third kappa shape index (κ3) is 3.66. The SMILES string of the molecule is COC(=O)C(CNC(=O)c1csnc1C)c1ccccc1. The number of aromatic nitrogens is 1. The summed E-state index contributed by atoms with van der Waals surface area (Å²) < 4.78 is 8.88. The summed E-state index contributed by atoms with van der Waals surface area (Å²) in [4.78, 5) is 24.0. The van der Waals surface area contributed by atoms with Gasteiger partial charge in [0.05, 0.1) is 24.3 Å². The molecule has 110 valence electrons. The molecule has 1 aromatic carbocycles. The first-order valence-electron chi connectivity index (χ1n) is 6.45. The molecule has 1 heterocycles. The molecule has 0 radical (unpaired) electrons. The van der Waals surface area contributed by atoms with E-state index in [0.29, 0.717) is 11.3 Å². The normalized spacial score (nSPS) is 11.7. The predicted molar refractivity (Wildman–Crippen MR) is 80.4 cm³/mol. The molecule has 1 amide bonds. The van der Waals surface area contributed by atoms with Gasteiger partial charge >= 0.3 is 5.97 Å². The number of esters is 1. The number of nitrogens with zero attached hydrogens (tertiary/aromatic N) is 1. The Morgan fingerprint density at radius 2 is 2.05 bits per heavy atom. The third-order valence-electron chi connectivity index (χ3n) is 3.15. The summed E-state index contributed by atoms with van der Waals surface area (Å²) in [7, 11) is 1.34. The van der Waals surface area contributed by atoms with Gasteiger partial charge in [0.15, 0.2) is 0 Å². The minimum absolute atomic E-state index is 0.185. The highest BCUT2D eigenvalue weighted by Crippen LogP contribution is 2.17. The fourth-order valence-corrected chi connectivity index (χ4v) is 2.66. The van der Waals surface area contributed by atoms with Gasteiger partial charge in [0, 0.05) is 11.9 Å². The highest BCUT2D eigenvalue weighted by molar-refractivity contribution is 7.03. The van der Waals surface area contributed by atoms with Gasteiger partial charge in [-0.1, -0.05) is 30.3 Å². The second-order valence-electron chi connectivity index (χ2n) is 4.51. The fourth-order valence-electron chi connectivity index (χ4n) is 1.97. The smallest absolute Gasteiger partial charge is 0.314 e. The van der Waals surface area contributed by atoms with E-state index in [1.165, 1.54) is 18.6 Å². The Bertz CT molecular complexity index is 625. The summed E-state index contributed by atoms with van der Waals surface area (Å²) in [6, 6.07) is 9.24. The first-order valence-corrected chi connectivity index (χ1v) is 7.29. The Morgan fingerprint density at radius 1 is 1.33 bits per heavy atom. The first-order chi connectivity index (χ1) is 10.1. The topological polar surface area (TPSA) is 68.3 Å². The maximum atomic E-state index is 12.1. The van der Waals surface area contributed by atoms with Crippen molar-refractivity contribution in [2.45, 2.75) is 12.8 Å². The molecule has 0 aliphatic heterocycles. The monoisotopic (exact) mass is 304 g/mol. The second kappa shape index (κ2) is 6.99. The minimum Gasteiger partial charge on any atom is -0.468 e. The van der Waals surface area contributed by atoms with Crippen molar-refractivity contribution in [3.05, 3.63) is 52.5 Å². The highest BCUT2D eigenvalue weighted by Gasteiger charge is 2.22. The van der Waals surface area contributed by atoms with E-state index < -0.39 is 5.92 Å². The second-order valence-corrected chi connectivity index (χ2v) is 5.14. The number of amides is 1. The summed E-state index contributed by atoms with van der Waals surface area (Å²) in [5, 5.41) is 4.46. The van der Waals surface area contributed by atoms with Crippen molar-refractivity contribution in [3.8, 4) is 0 Å². The lowest BCUT2D eigenvalue weighted by Crippen LogP contribution is -2.32. The van der Waals surface area contributed by atoms with Crippen LogP contribution in [0.15, 0.2) is 35.7 Å². The molecular formula is C15H16N2O3S. The summed E-state index contributed by atoms with van der Waals surface area (Å²) in [6.45, 7) is 1.96. The molecule has 0 fully saturated rings. The van der Waals surface area contributed by atoms with Crippen molar-refractivity contribution in [2.24, 2.45) is 0 Å². The number of carbonyl (C=O) groups excluding carboxylic acids is 2. The van der Waals surface area contributed by atoms with Gasteiger partial charge in [-0.3, -0.25) is 9.59 Å². The number of nitrogens with one attached hydrogen (secondary N) is 1. The number of hydrogen-bond acceptors (Lipinski definition) is 5. The molecular weight excluding hydrogens is 288 g/mol. The third-order valence-corrected chi connectivity index (χ3v) is 3.87. The maximum absolute atomic E-state index is 12.1. The Kier molecular flexibility index (Phi) is 5.05. The van der Waals surface area contributed by atoms with Crippen molar-refractivity contribution in [3.63, 3.8) is 0 Å². The van der Waals surface area contributed by atoms with Crippen LogP contribution in [-0.2, 0) is 9.53 Å². The van der Waals surface area contributed by atoms with Gasteiger partial charge in [-0.25, -0.2) is 0 Å². The van der Waals surface area contributed by atoms with Crippen LogP contribution in [0.25, 0.3) is 0 Å². The van der Waals surface area contributed by atoms with Crippen LogP contribution < -0.4 is 5.32 Å². The van der Waals surface area contributed by atoms with Gasteiger partial charge in [-0.05, 0) is 24.0 Å². The molecule has 1 N–H and O–H groups in total. The minimum atomic E-state index is -0.521. The van der Waals surface area contributed by atoms with Gasteiger partial charge in [0.25, 0.3) is 5.91 Å². The Labute approximate surface area is 127 Å². The summed E-state index contributed by atoms with van der Waals surface area (Å²) in [6.07, 6.45) is 0. The van der Waals surface area contributed by atoms with Crippen LogP contribution in [-0.4, -0.2) is 29.9 Å².